The van der Waals surface area contributed by atoms with Gasteiger partial charge in [-0.15, -0.1) is 0 Å². The number of hydrogen-bond acceptors (Lipinski definition) is 3. The highest BCUT2D eigenvalue weighted by atomic mass is 16.5. The molecule has 1 atom stereocenters. The molecule has 2 heterocycles. The number of ether oxygens (including phenoxy) is 1. The monoisotopic (exact) mass is 288 g/mol. The molecular weight excluding hydrogens is 260 g/mol. The Bertz CT molecular complexity index is 454. The fraction of sp³-hybridized carbons (Fsp3) is 0.722. The van der Waals surface area contributed by atoms with E-state index in [4.69, 9.17) is 4.74 Å². The van der Waals surface area contributed by atoms with E-state index in [9.17, 15) is 0 Å². The molecule has 0 bridgehead atoms. The summed E-state index contributed by atoms with van der Waals surface area (Å²) in [5, 5.41) is 3.55. The van der Waals surface area contributed by atoms with Gasteiger partial charge in [-0.05, 0) is 43.7 Å². The van der Waals surface area contributed by atoms with Crippen molar-refractivity contribution >= 4 is 0 Å². The van der Waals surface area contributed by atoms with Gasteiger partial charge in [0.05, 0.1) is 17.4 Å². The van der Waals surface area contributed by atoms with Crippen molar-refractivity contribution in [3.8, 4) is 0 Å². The third kappa shape index (κ3) is 3.64. The molecule has 3 heteroatoms. The van der Waals surface area contributed by atoms with Crippen LogP contribution in [0.5, 0.6) is 0 Å². The highest BCUT2D eigenvalue weighted by Crippen LogP contribution is 2.41. The number of nitrogens with zero attached hydrogens (tertiary/aromatic N) is 1. The van der Waals surface area contributed by atoms with Crippen LogP contribution in [-0.2, 0) is 17.7 Å². The summed E-state index contributed by atoms with van der Waals surface area (Å²) in [5.41, 5.74) is 2.77. The van der Waals surface area contributed by atoms with E-state index in [1.54, 1.807) is 0 Å². The molecule has 0 amide bonds. The Kier molecular flexibility index (Phi) is 4.91. The van der Waals surface area contributed by atoms with Gasteiger partial charge in [-0.1, -0.05) is 32.3 Å². The van der Waals surface area contributed by atoms with Gasteiger partial charge in [-0.25, -0.2) is 0 Å². The topological polar surface area (TPSA) is 34.2 Å². The normalized spacial score (nSPS) is 24.5. The lowest BCUT2D eigenvalue weighted by molar-refractivity contribution is -0.0624. The van der Waals surface area contributed by atoms with Crippen molar-refractivity contribution < 1.29 is 4.74 Å². The minimum atomic E-state index is 0.240. The first kappa shape index (κ1) is 15.0. The van der Waals surface area contributed by atoms with Gasteiger partial charge in [-0.3, -0.25) is 4.98 Å². The zero-order valence-electron chi connectivity index (χ0n) is 13.2. The van der Waals surface area contributed by atoms with Crippen LogP contribution in [0.25, 0.3) is 0 Å². The Morgan fingerprint density at radius 1 is 1.29 bits per heavy atom. The summed E-state index contributed by atoms with van der Waals surface area (Å²) in [5.74, 6) is 0. The van der Waals surface area contributed by atoms with E-state index in [0.717, 1.165) is 19.5 Å². The van der Waals surface area contributed by atoms with Crippen molar-refractivity contribution in [3.63, 3.8) is 0 Å². The molecule has 1 N–H and O–H groups in total. The van der Waals surface area contributed by atoms with Crippen LogP contribution in [-0.4, -0.2) is 23.2 Å². The number of nitrogens with one attached hydrogen (secondary N) is 1. The van der Waals surface area contributed by atoms with Gasteiger partial charge in [-0.2, -0.15) is 0 Å². The molecule has 116 valence electrons. The molecule has 2 fully saturated rings. The maximum Gasteiger partial charge on any atom is 0.0708 e. The van der Waals surface area contributed by atoms with E-state index in [0.29, 0.717) is 6.10 Å². The minimum Gasteiger partial charge on any atom is -0.370 e. The zero-order chi connectivity index (χ0) is 14.5. The van der Waals surface area contributed by atoms with Crippen LogP contribution in [0.4, 0.5) is 0 Å². The third-order valence-electron chi connectivity index (χ3n) is 5.13. The summed E-state index contributed by atoms with van der Waals surface area (Å²) in [6, 6.07) is 4.20. The molecule has 1 unspecified atom stereocenters. The van der Waals surface area contributed by atoms with Crippen LogP contribution in [0.3, 0.4) is 0 Å². The van der Waals surface area contributed by atoms with Crippen molar-refractivity contribution in [2.24, 2.45) is 0 Å². The lowest BCUT2D eigenvalue weighted by Gasteiger charge is -2.33. The predicted octanol–water partition coefficient (Wildman–Crippen LogP) is 3.62. The first-order chi connectivity index (χ1) is 10.3. The van der Waals surface area contributed by atoms with Gasteiger partial charge in [0, 0.05) is 19.3 Å². The largest absolute Gasteiger partial charge is 0.370 e. The quantitative estimate of drug-likeness (QED) is 0.898. The zero-order valence-corrected chi connectivity index (χ0v) is 13.2. The highest BCUT2D eigenvalue weighted by Gasteiger charge is 2.40. The predicted molar refractivity (Wildman–Crippen MR) is 85.2 cm³/mol. The van der Waals surface area contributed by atoms with Crippen LogP contribution >= 0.6 is 0 Å². The van der Waals surface area contributed by atoms with Crippen LogP contribution < -0.4 is 5.32 Å². The number of aryl methyl sites for hydroxylation is 1. The highest BCUT2D eigenvalue weighted by molar-refractivity contribution is 5.19. The Morgan fingerprint density at radius 2 is 2.14 bits per heavy atom. The lowest BCUT2D eigenvalue weighted by atomic mass is 9.83. The summed E-state index contributed by atoms with van der Waals surface area (Å²) in [7, 11) is 0. The summed E-state index contributed by atoms with van der Waals surface area (Å²) in [6.07, 6.45) is 12.5. The van der Waals surface area contributed by atoms with Gasteiger partial charge >= 0.3 is 0 Å². The van der Waals surface area contributed by atoms with Crippen molar-refractivity contribution in [1.29, 1.82) is 0 Å². The van der Waals surface area contributed by atoms with Gasteiger partial charge in [0.15, 0.2) is 0 Å². The molecule has 3 rings (SSSR count). The number of aromatic nitrogens is 1. The third-order valence-corrected chi connectivity index (χ3v) is 5.13. The molecule has 0 aromatic carbocycles. The fourth-order valence-electron chi connectivity index (χ4n) is 3.91. The molecule has 1 aliphatic carbocycles. The maximum absolute atomic E-state index is 6.40. The molecule has 3 nitrogen and oxygen atoms in total. The van der Waals surface area contributed by atoms with Crippen LogP contribution in [0, 0.1) is 0 Å². The Balaban J connectivity index is 1.46. The van der Waals surface area contributed by atoms with Crippen LogP contribution in [0.15, 0.2) is 18.3 Å². The van der Waals surface area contributed by atoms with E-state index in [1.165, 1.54) is 56.2 Å². The standard InChI is InChI=1S/C18H28N2O/c1-2-15-7-6-12-20-17(15)14-19-13-16-8-11-18(21-16)9-4-3-5-10-18/h6-7,12,16,19H,2-5,8-11,13-14H2,1H3. The van der Waals surface area contributed by atoms with Gasteiger partial charge in [0.25, 0.3) is 0 Å². The molecule has 1 saturated heterocycles. The molecule has 1 aromatic rings. The average molecular weight is 288 g/mol. The van der Waals surface area contributed by atoms with Crippen LogP contribution in [0.1, 0.15) is 63.1 Å². The molecule has 1 aromatic heterocycles. The lowest BCUT2D eigenvalue weighted by Crippen LogP contribution is -2.34. The molecule has 0 radical (unpaired) electrons. The van der Waals surface area contributed by atoms with Gasteiger partial charge < -0.3 is 10.1 Å². The van der Waals surface area contributed by atoms with Crippen molar-refractivity contribution in [2.75, 3.05) is 6.54 Å². The molecule has 1 saturated carbocycles. The Morgan fingerprint density at radius 3 is 2.95 bits per heavy atom. The molecule has 1 aliphatic heterocycles. The average Bonchev–Trinajstić information content (AvgIpc) is 2.91. The smallest absolute Gasteiger partial charge is 0.0708 e. The second kappa shape index (κ2) is 6.89. The molecule has 2 aliphatic rings. The van der Waals surface area contributed by atoms with Crippen molar-refractivity contribution in [1.82, 2.24) is 10.3 Å². The van der Waals surface area contributed by atoms with Gasteiger partial charge in [0.1, 0.15) is 0 Å². The van der Waals surface area contributed by atoms with Crippen molar-refractivity contribution in [2.45, 2.75) is 76.5 Å². The SMILES string of the molecule is CCc1cccnc1CNCC1CCC2(CCCCC2)O1. The van der Waals surface area contributed by atoms with E-state index in [1.807, 2.05) is 12.3 Å². The first-order valence-corrected chi connectivity index (χ1v) is 8.63. The Labute approximate surface area is 128 Å². The fourth-order valence-corrected chi connectivity index (χ4v) is 3.91. The second-order valence-corrected chi connectivity index (χ2v) is 6.62. The van der Waals surface area contributed by atoms with E-state index in [2.05, 4.69) is 23.3 Å². The summed E-state index contributed by atoms with van der Waals surface area (Å²) >= 11 is 0. The summed E-state index contributed by atoms with van der Waals surface area (Å²) in [6.45, 7) is 4.01. The van der Waals surface area contributed by atoms with E-state index >= 15 is 0 Å². The summed E-state index contributed by atoms with van der Waals surface area (Å²) in [4.78, 5) is 4.49. The van der Waals surface area contributed by atoms with Crippen LogP contribution in [0.2, 0.25) is 0 Å². The molecule has 1 spiro atoms. The first-order valence-electron chi connectivity index (χ1n) is 8.63. The van der Waals surface area contributed by atoms with Gasteiger partial charge in [0.2, 0.25) is 0 Å². The minimum absolute atomic E-state index is 0.240. The van der Waals surface area contributed by atoms with Crippen molar-refractivity contribution in [3.05, 3.63) is 29.6 Å². The van der Waals surface area contributed by atoms with E-state index in [-0.39, 0.29) is 5.60 Å². The maximum atomic E-state index is 6.40. The Hall–Kier alpha value is -0.930. The summed E-state index contributed by atoms with van der Waals surface area (Å²) < 4.78 is 6.40. The number of rotatable bonds is 5. The molecule has 21 heavy (non-hydrogen) atoms. The number of hydrogen-bond donors (Lipinski definition) is 1. The second-order valence-electron chi connectivity index (χ2n) is 6.62. The van der Waals surface area contributed by atoms with E-state index < -0.39 is 0 Å². The molecular formula is C18H28N2O. The number of pyridine rings is 1.